The van der Waals surface area contributed by atoms with Crippen molar-refractivity contribution < 1.29 is 9.59 Å². The maximum Gasteiger partial charge on any atom is 0.256 e. The summed E-state index contributed by atoms with van der Waals surface area (Å²) in [5, 5.41) is 3.85. The van der Waals surface area contributed by atoms with Crippen molar-refractivity contribution in [3.8, 4) is 0 Å². The molecule has 2 aliphatic rings. The van der Waals surface area contributed by atoms with Crippen LogP contribution in [0.2, 0.25) is 5.02 Å². The molecule has 1 fully saturated rings. The lowest BCUT2D eigenvalue weighted by molar-refractivity contribution is -0.119. The molecule has 2 heterocycles. The van der Waals surface area contributed by atoms with Gasteiger partial charge in [0.15, 0.2) is 0 Å². The van der Waals surface area contributed by atoms with Crippen molar-refractivity contribution in [2.75, 3.05) is 31.1 Å². The number of amides is 2. The van der Waals surface area contributed by atoms with Crippen LogP contribution in [0.15, 0.2) is 48.5 Å². The van der Waals surface area contributed by atoms with Crippen LogP contribution in [0.3, 0.4) is 0 Å². The fraction of sp³-hybridized carbons (Fsp3) is 0.364. The number of hydrogen-bond donors (Lipinski definition) is 1. The Balaban J connectivity index is 1.66. The maximum atomic E-state index is 13.3. The number of hydrogen-bond acceptors (Lipinski definition) is 3. The van der Waals surface area contributed by atoms with Gasteiger partial charge in [0.25, 0.3) is 5.91 Å². The Morgan fingerprint density at radius 3 is 2.54 bits per heavy atom. The molecule has 2 aromatic carbocycles. The highest BCUT2D eigenvalue weighted by Gasteiger charge is 2.33. The summed E-state index contributed by atoms with van der Waals surface area (Å²) in [6.45, 7) is 3.06. The Morgan fingerprint density at radius 2 is 1.79 bits per heavy atom. The molecule has 0 bridgehead atoms. The van der Waals surface area contributed by atoms with Crippen molar-refractivity contribution in [3.63, 3.8) is 0 Å². The molecule has 0 radical (unpaired) electrons. The number of fused-ring (bicyclic) bond motifs is 1. The smallest absolute Gasteiger partial charge is 0.256 e. The maximum absolute atomic E-state index is 13.3. The molecule has 2 aromatic rings. The van der Waals surface area contributed by atoms with Crippen LogP contribution < -0.4 is 10.2 Å². The minimum absolute atomic E-state index is 0.0628. The number of piperidine rings is 1. The normalized spacial score (nSPS) is 18.2. The molecule has 2 aliphatic heterocycles. The fourth-order valence-electron chi connectivity index (χ4n) is 4.00. The zero-order chi connectivity index (χ0) is 19.5. The number of carbonyl (C=O) groups excluding carboxylic acids is 2. The number of nitrogens with one attached hydrogen (secondary N) is 1. The molecule has 28 heavy (non-hydrogen) atoms. The van der Waals surface area contributed by atoms with E-state index in [2.05, 4.69) is 5.32 Å². The van der Waals surface area contributed by atoms with E-state index in [9.17, 15) is 9.59 Å². The Labute approximate surface area is 170 Å². The highest BCUT2D eigenvalue weighted by molar-refractivity contribution is 6.31. The summed E-state index contributed by atoms with van der Waals surface area (Å²) in [6, 6.07) is 15.0. The number of benzene rings is 2. The third kappa shape index (κ3) is 4.05. The van der Waals surface area contributed by atoms with Gasteiger partial charge in [-0.1, -0.05) is 41.9 Å². The topological polar surface area (TPSA) is 52.7 Å². The highest BCUT2D eigenvalue weighted by Crippen LogP contribution is 2.30. The lowest BCUT2D eigenvalue weighted by Gasteiger charge is -2.29. The molecule has 1 saturated heterocycles. The molecule has 0 aromatic heterocycles. The lowest BCUT2D eigenvalue weighted by atomic mass is 9.97. The molecule has 5 nitrogen and oxygen atoms in total. The molecule has 0 aliphatic carbocycles. The third-order valence-corrected chi connectivity index (χ3v) is 5.75. The first-order valence-corrected chi connectivity index (χ1v) is 10.1. The minimum Gasteiger partial charge on any atom is -0.329 e. The van der Waals surface area contributed by atoms with Gasteiger partial charge < -0.3 is 15.1 Å². The molecule has 146 valence electrons. The van der Waals surface area contributed by atoms with Gasteiger partial charge in [0.1, 0.15) is 6.54 Å². The average Bonchev–Trinajstić information content (AvgIpc) is 2.80. The van der Waals surface area contributed by atoms with E-state index in [4.69, 9.17) is 11.6 Å². The van der Waals surface area contributed by atoms with Crippen LogP contribution >= 0.6 is 11.6 Å². The molecule has 1 N–H and O–H groups in total. The summed E-state index contributed by atoms with van der Waals surface area (Å²) >= 11 is 6.20. The van der Waals surface area contributed by atoms with Gasteiger partial charge in [-0.3, -0.25) is 9.59 Å². The minimum atomic E-state index is -0.111. The summed E-state index contributed by atoms with van der Waals surface area (Å²) in [5.74, 6) is 0.244. The zero-order valence-corrected chi connectivity index (χ0v) is 16.5. The second kappa shape index (κ2) is 8.33. The summed E-state index contributed by atoms with van der Waals surface area (Å²) in [6.07, 6.45) is 2.04. The van der Waals surface area contributed by atoms with Gasteiger partial charge in [-0.2, -0.15) is 0 Å². The standard InChI is InChI=1S/C22H24ClN3O2/c23-18-6-7-20-19(12-18)22(28)25(13-17-8-10-24-11-9-17)15-21(27)26(20)14-16-4-2-1-3-5-16/h1-7,12,17,24H,8-11,13-15H2. The van der Waals surface area contributed by atoms with Crippen LogP contribution in [0.25, 0.3) is 0 Å². The largest absolute Gasteiger partial charge is 0.329 e. The second-order valence-corrected chi connectivity index (χ2v) is 7.94. The lowest BCUT2D eigenvalue weighted by Crippen LogP contribution is -2.43. The van der Waals surface area contributed by atoms with E-state index in [0.29, 0.717) is 35.3 Å². The Kier molecular flexibility index (Phi) is 5.64. The van der Waals surface area contributed by atoms with Crippen LogP contribution in [-0.2, 0) is 11.3 Å². The highest BCUT2D eigenvalue weighted by atomic mass is 35.5. The van der Waals surface area contributed by atoms with Gasteiger partial charge in [0.05, 0.1) is 17.8 Å². The van der Waals surface area contributed by atoms with Crippen LogP contribution in [0.4, 0.5) is 5.69 Å². The van der Waals surface area contributed by atoms with E-state index in [0.717, 1.165) is 31.5 Å². The molecule has 0 unspecified atom stereocenters. The van der Waals surface area contributed by atoms with Crippen molar-refractivity contribution in [3.05, 3.63) is 64.7 Å². The number of anilines is 1. The van der Waals surface area contributed by atoms with E-state index in [1.807, 2.05) is 30.3 Å². The predicted octanol–water partition coefficient (Wildman–Crippen LogP) is 3.33. The summed E-state index contributed by atoms with van der Waals surface area (Å²) in [7, 11) is 0. The number of nitrogens with zero attached hydrogens (tertiary/aromatic N) is 2. The van der Waals surface area contributed by atoms with Gasteiger partial charge in [-0.15, -0.1) is 0 Å². The molecule has 0 spiro atoms. The van der Waals surface area contributed by atoms with E-state index < -0.39 is 0 Å². The quantitative estimate of drug-likeness (QED) is 0.860. The summed E-state index contributed by atoms with van der Waals surface area (Å²) < 4.78 is 0. The van der Waals surface area contributed by atoms with Crippen LogP contribution in [-0.4, -0.2) is 42.9 Å². The van der Waals surface area contributed by atoms with Gasteiger partial charge >= 0.3 is 0 Å². The van der Waals surface area contributed by atoms with E-state index in [1.165, 1.54) is 0 Å². The van der Waals surface area contributed by atoms with E-state index in [-0.39, 0.29) is 18.4 Å². The number of halogens is 1. The van der Waals surface area contributed by atoms with Crippen LogP contribution in [0.1, 0.15) is 28.8 Å². The molecule has 4 rings (SSSR count). The van der Waals surface area contributed by atoms with Gasteiger partial charge in [-0.05, 0) is 55.6 Å². The fourth-order valence-corrected chi connectivity index (χ4v) is 4.17. The van der Waals surface area contributed by atoms with E-state index >= 15 is 0 Å². The van der Waals surface area contributed by atoms with Crippen molar-refractivity contribution >= 4 is 29.1 Å². The SMILES string of the molecule is O=C1c2cc(Cl)ccc2N(Cc2ccccc2)C(=O)CN1CC1CCNCC1. The monoisotopic (exact) mass is 397 g/mol. The Morgan fingerprint density at radius 1 is 1.04 bits per heavy atom. The van der Waals surface area contributed by atoms with Crippen molar-refractivity contribution in [2.24, 2.45) is 5.92 Å². The predicted molar refractivity (Wildman–Crippen MR) is 111 cm³/mol. The molecular weight excluding hydrogens is 374 g/mol. The molecule has 6 heteroatoms. The Bertz CT molecular complexity index is 865. The molecule has 0 atom stereocenters. The first kappa shape index (κ1) is 19.0. The summed E-state index contributed by atoms with van der Waals surface area (Å²) in [4.78, 5) is 29.8. The van der Waals surface area contributed by atoms with E-state index in [1.54, 1.807) is 28.0 Å². The first-order valence-electron chi connectivity index (χ1n) is 9.75. The Hall–Kier alpha value is -2.37. The van der Waals surface area contributed by atoms with Crippen molar-refractivity contribution in [1.82, 2.24) is 10.2 Å². The first-order chi connectivity index (χ1) is 13.6. The van der Waals surface area contributed by atoms with Crippen LogP contribution in [0.5, 0.6) is 0 Å². The third-order valence-electron chi connectivity index (χ3n) is 5.52. The van der Waals surface area contributed by atoms with Crippen LogP contribution in [0, 0.1) is 5.92 Å². The van der Waals surface area contributed by atoms with Gasteiger partial charge in [0.2, 0.25) is 5.91 Å². The average molecular weight is 398 g/mol. The van der Waals surface area contributed by atoms with Crippen molar-refractivity contribution in [2.45, 2.75) is 19.4 Å². The zero-order valence-electron chi connectivity index (χ0n) is 15.7. The molecule has 0 saturated carbocycles. The van der Waals surface area contributed by atoms with Crippen molar-refractivity contribution in [1.29, 1.82) is 0 Å². The van der Waals surface area contributed by atoms with Gasteiger partial charge in [-0.25, -0.2) is 0 Å². The number of rotatable bonds is 4. The molecular formula is C22H24ClN3O2. The number of carbonyl (C=O) groups is 2. The second-order valence-electron chi connectivity index (χ2n) is 7.51. The van der Waals surface area contributed by atoms with Gasteiger partial charge in [0, 0.05) is 11.6 Å². The summed E-state index contributed by atoms with van der Waals surface area (Å²) in [5.41, 5.74) is 2.16. The molecule has 2 amide bonds.